The SMILES string of the molecule is Cc1nn(CCC(=O)Nc2cccc(Br)c2)c(C)c1S(=O)(=O)N1CCCC1. The Morgan fingerprint density at radius 1 is 1.26 bits per heavy atom. The smallest absolute Gasteiger partial charge is 0.246 e. The molecule has 2 heterocycles. The van der Waals surface area contributed by atoms with Crippen LogP contribution in [-0.4, -0.2) is 41.5 Å². The van der Waals surface area contributed by atoms with Crippen molar-refractivity contribution in [2.24, 2.45) is 0 Å². The maximum absolute atomic E-state index is 12.9. The zero-order valence-electron chi connectivity index (χ0n) is 15.4. The molecular weight excluding hydrogens is 432 g/mol. The predicted octanol–water partition coefficient (Wildman–Crippen LogP) is 3.08. The molecule has 2 aromatic rings. The fourth-order valence-corrected chi connectivity index (χ4v) is 5.62. The van der Waals surface area contributed by atoms with Crippen molar-refractivity contribution in [3.63, 3.8) is 0 Å². The van der Waals surface area contributed by atoms with E-state index in [0.29, 0.717) is 36.7 Å². The van der Waals surface area contributed by atoms with Gasteiger partial charge in [-0.25, -0.2) is 8.42 Å². The van der Waals surface area contributed by atoms with Crippen LogP contribution in [0.4, 0.5) is 5.69 Å². The molecule has 0 unspecified atom stereocenters. The number of anilines is 1. The molecule has 1 aromatic carbocycles. The van der Waals surface area contributed by atoms with Crippen molar-refractivity contribution in [3.05, 3.63) is 40.1 Å². The Morgan fingerprint density at radius 2 is 1.96 bits per heavy atom. The number of aromatic nitrogens is 2. The third-order valence-corrected chi connectivity index (χ3v) is 7.28. The van der Waals surface area contributed by atoms with E-state index in [-0.39, 0.29) is 17.2 Å². The van der Waals surface area contributed by atoms with Crippen molar-refractivity contribution >= 4 is 37.5 Å². The van der Waals surface area contributed by atoms with Crippen LogP contribution in [0.1, 0.15) is 30.7 Å². The van der Waals surface area contributed by atoms with E-state index in [1.807, 2.05) is 24.3 Å². The first-order chi connectivity index (χ1) is 12.8. The third kappa shape index (κ3) is 4.41. The largest absolute Gasteiger partial charge is 0.326 e. The van der Waals surface area contributed by atoms with Crippen molar-refractivity contribution in [2.45, 2.75) is 44.6 Å². The summed E-state index contributed by atoms with van der Waals surface area (Å²) >= 11 is 3.37. The van der Waals surface area contributed by atoms with Gasteiger partial charge < -0.3 is 5.32 Å². The van der Waals surface area contributed by atoms with Crippen LogP contribution in [0.15, 0.2) is 33.6 Å². The van der Waals surface area contributed by atoms with E-state index in [9.17, 15) is 13.2 Å². The summed E-state index contributed by atoms with van der Waals surface area (Å²) in [6, 6.07) is 7.36. The molecule has 0 saturated carbocycles. The second-order valence-corrected chi connectivity index (χ2v) is 9.43. The fourth-order valence-electron chi connectivity index (χ4n) is 3.33. The van der Waals surface area contributed by atoms with Crippen molar-refractivity contribution in [1.29, 1.82) is 0 Å². The first kappa shape index (κ1) is 20.0. The highest BCUT2D eigenvalue weighted by atomic mass is 79.9. The van der Waals surface area contributed by atoms with E-state index in [1.165, 1.54) is 4.31 Å². The number of nitrogens with zero attached hydrogens (tertiary/aromatic N) is 3. The summed E-state index contributed by atoms with van der Waals surface area (Å²) in [6.07, 6.45) is 1.99. The predicted molar refractivity (Wildman–Crippen MR) is 107 cm³/mol. The van der Waals surface area contributed by atoms with Gasteiger partial charge in [0.15, 0.2) is 0 Å². The van der Waals surface area contributed by atoms with Crippen LogP contribution in [0.2, 0.25) is 0 Å². The Kier molecular flexibility index (Phi) is 6.02. The van der Waals surface area contributed by atoms with Gasteiger partial charge in [0.05, 0.1) is 17.9 Å². The van der Waals surface area contributed by atoms with Crippen molar-refractivity contribution in [1.82, 2.24) is 14.1 Å². The van der Waals surface area contributed by atoms with Crippen molar-refractivity contribution < 1.29 is 13.2 Å². The normalized spacial score (nSPS) is 15.2. The minimum atomic E-state index is -3.53. The number of carbonyl (C=O) groups excluding carboxylic acids is 1. The summed E-state index contributed by atoms with van der Waals surface area (Å²) in [6.45, 7) is 4.88. The third-order valence-electron chi connectivity index (χ3n) is 4.64. The number of sulfonamides is 1. The minimum absolute atomic E-state index is 0.149. The molecule has 0 aliphatic carbocycles. The minimum Gasteiger partial charge on any atom is -0.326 e. The molecule has 1 aromatic heterocycles. The molecule has 27 heavy (non-hydrogen) atoms. The van der Waals surface area contributed by atoms with Gasteiger partial charge in [0.1, 0.15) is 4.90 Å². The molecule has 0 bridgehead atoms. The number of nitrogens with one attached hydrogen (secondary N) is 1. The summed E-state index contributed by atoms with van der Waals surface area (Å²) in [5.41, 5.74) is 1.77. The van der Waals surface area contributed by atoms with Crippen LogP contribution in [0.3, 0.4) is 0 Å². The van der Waals surface area contributed by atoms with E-state index in [1.54, 1.807) is 18.5 Å². The molecule has 1 aliphatic rings. The summed E-state index contributed by atoms with van der Waals surface area (Å²) in [4.78, 5) is 12.5. The maximum atomic E-state index is 12.9. The molecule has 3 rings (SSSR count). The molecule has 9 heteroatoms. The molecule has 1 amide bonds. The Labute approximate surface area is 167 Å². The molecule has 0 spiro atoms. The average Bonchev–Trinajstić information content (AvgIpc) is 3.22. The molecule has 1 fully saturated rings. The number of hydrogen-bond acceptors (Lipinski definition) is 4. The van der Waals surface area contributed by atoms with Crippen LogP contribution in [0.25, 0.3) is 0 Å². The number of aryl methyl sites for hydroxylation is 2. The second-order valence-electron chi connectivity index (χ2n) is 6.64. The summed E-state index contributed by atoms with van der Waals surface area (Å²) in [5.74, 6) is -0.149. The zero-order chi connectivity index (χ0) is 19.6. The summed E-state index contributed by atoms with van der Waals surface area (Å²) in [5, 5.41) is 7.20. The van der Waals surface area contributed by atoms with Gasteiger partial charge in [0.25, 0.3) is 0 Å². The van der Waals surface area contributed by atoms with Gasteiger partial charge in [0, 0.05) is 29.7 Å². The number of hydrogen-bond donors (Lipinski definition) is 1. The number of carbonyl (C=O) groups is 1. The van der Waals surface area contributed by atoms with E-state index < -0.39 is 10.0 Å². The van der Waals surface area contributed by atoms with Crippen molar-refractivity contribution in [3.8, 4) is 0 Å². The van der Waals surface area contributed by atoms with E-state index >= 15 is 0 Å². The van der Waals surface area contributed by atoms with E-state index in [0.717, 1.165) is 17.3 Å². The lowest BCUT2D eigenvalue weighted by atomic mass is 10.3. The lowest BCUT2D eigenvalue weighted by molar-refractivity contribution is -0.116. The first-order valence-electron chi connectivity index (χ1n) is 8.88. The van der Waals surface area contributed by atoms with Gasteiger partial charge in [-0.3, -0.25) is 9.48 Å². The number of amides is 1. The van der Waals surface area contributed by atoms with Crippen molar-refractivity contribution in [2.75, 3.05) is 18.4 Å². The number of halogens is 1. The Morgan fingerprint density at radius 3 is 2.63 bits per heavy atom. The Bertz CT molecular complexity index is 950. The summed E-state index contributed by atoms with van der Waals surface area (Å²) < 4.78 is 29.8. The molecule has 0 atom stereocenters. The first-order valence-corrected chi connectivity index (χ1v) is 11.1. The highest BCUT2D eigenvalue weighted by Gasteiger charge is 2.32. The monoisotopic (exact) mass is 454 g/mol. The molecular formula is C18H23BrN4O3S. The van der Waals surface area contributed by atoms with Gasteiger partial charge in [-0.1, -0.05) is 22.0 Å². The van der Waals surface area contributed by atoms with Crippen LogP contribution in [0, 0.1) is 13.8 Å². The van der Waals surface area contributed by atoms with Gasteiger partial charge in [-0.2, -0.15) is 9.40 Å². The molecule has 1 N–H and O–H groups in total. The highest BCUT2D eigenvalue weighted by molar-refractivity contribution is 9.10. The van der Waals surface area contributed by atoms with Crippen LogP contribution >= 0.6 is 15.9 Å². The Hall–Kier alpha value is -1.71. The fraction of sp³-hybridized carbons (Fsp3) is 0.444. The van der Waals surface area contributed by atoms with E-state index in [4.69, 9.17) is 0 Å². The number of benzene rings is 1. The molecule has 146 valence electrons. The van der Waals surface area contributed by atoms with Crippen LogP contribution < -0.4 is 5.32 Å². The standard InChI is InChI=1S/C18H23BrN4O3S/c1-13-18(27(25,26)22-9-3-4-10-22)14(2)23(21-13)11-8-17(24)20-16-7-5-6-15(19)12-16/h5-7,12H,3-4,8-11H2,1-2H3,(H,20,24). The molecule has 1 aliphatic heterocycles. The molecule has 0 radical (unpaired) electrons. The average molecular weight is 455 g/mol. The quantitative estimate of drug-likeness (QED) is 0.726. The molecule has 1 saturated heterocycles. The van der Waals surface area contributed by atoms with Gasteiger partial charge >= 0.3 is 0 Å². The zero-order valence-corrected chi connectivity index (χ0v) is 17.8. The summed E-state index contributed by atoms with van der Waals surface area (Å²) in [7, 11) is -3.53. The van der Waals surface area contributed by atoms with Gasteiger partial charge in [-0.05, 0) is 44.9 Å². The van der Waals surface area contributed by atoms with Gasteiger partial charge in [0.2, 0.25) is 15.9 Å². The van der Waals surface area contributed by atoms with Crippen LogP contribution in [0.5, 0.6) is 0 Å². The van der Waals surface area contributed by atoms with E-state index in [2.05, 4.69) is 26.3 Å². The van der Waals surface area contributed by atoms with Gasteiger partial charge in [-0.15, -0.1) is 0 Å². The maximum Gasteiger partial charge on any atom is 0.246 e. The topological polar surface area (TPSA) is 84.3 Å². The number of rotatable bonds is 6. The lowest BCUT2D eigenvalue weighted by Gasteiger charge is -2.15. The lowest BCUT2D eigenvalue weighted by Crippen LogP contribution is -2.28. The second kappa shape index (κ2) is 8.12. The highest BCUT2D eigenvalue weighted by Crippen LogP contribution is 2.26. The Balaban J connectivity index is 1.70. The van der Waals surface area contributed by atoms with Crippen LogP contribution in [-0.2, 0) is 21.4 Å². The molecule has 7 nitrogen and oxygen atoms in total.